The lowest BCUT2D eigenvalue weighted by Crippen LogP contribution is -2.48. The number of Topliss-reactive ketones (excluding diaryl/α,β-unsaturated/α-hetero) is 1. The maximum atomic E-state index is 12.9. The van der Waals surface area contributed by atoms with Crippen molar-refractivity contribution in [1.29, 1.82) is 0 Å². The van der Waals surface area contributed by atoms with Crippen LogP contribution in [0.2, 0.25) is 19.6 Å². The SMILES string of the molecule is COc1ccc2c(c1)CC[C@@H]1[C@@H]2CC[C@]2(C)[C@@H](O[Si](C)(C)C)C(=O)C[C@@H]12. The normalized spacial score (nSPS) is 36.3. The van der Waals surface area contributed by atoms with Crippen molar-refractivity contribution >= 4 is 14.1 Å². The van der Waals surface area contributed by atoms with Gasteiger partial charge in [-0.2, -0.15) is 0 Å². The Balaban J connectivity index is 1.64. The summed E-state index contributed by atoms with van der Waals surface area (Å²) >= 11 is 0. The van der Waals surface area contributed by atoms with Crippen LogP contribution < -0.4 is 4.74 Å². The lowest BCUT2D eigenvalue weighted by Gasteiger charge is -2.50. The highest BCUT2D eigenvalue weighted by atomic mass is 28.4. The molecule has 0 radical (unpaired) electrons. The third-order valence-corrected chi connectivity index (χ3v) is 8.10. The van der Waals surface area contributed by atoms with Crippen LogP contribution in [0.25, 0.3) is 0 Å². The number of benzene rings is 1. The van der Waals surface area contributed by atoms with Gasteiger partial charge >= 0.3 is 0 Å². The predicted molar refractivity (Wildman–Crippen MR) is 106 cm³/mol. The minimum Gasteiger partial charge on any atom is -0.497 e. The summed E-state index contributed by atoms with van der Waals surface area (Å²) in [5, 5.41) is 0. The lowest BCUT2D eigenvalue weighted by molar-refractivity contribution is -0.126. The number of hydrogen-bond donors (Lipinski definition) is 0. The summed E-state index contributed by atoms with van der Waals surface area (Å²) < 4.78 is 11.9. The number of rotatable bonds is 3. The van der Waals surface area contributed by atoms with Crippen molar-refractivity contribution < 1.29 is 14.0 Å². The summed E-state index contributed by atoms with van der Waals surface area (Å²) in [5.74, 6) is 3.02. The van der Waals surface area contributed by atoms with E-state index in [1.165, 1.54) is 24.0 Å². The first-order valence-electron chi connectivity index (χ1n) is 10.1. The van der Waals surface area contributed by atoms with Gasteiger partial charge in [-0.1, -0.05) is 13.0 Å². The number of methoxy groups -OCH3 is 1. The van der Waals surface area contributed by atoms with E-state index >= 15 is 0 Å². The third kappa shape index (κ3) is 2.86. The fourth-order valence-corrected chi connectivity index (χ4v) is 7.10. The molecule has 1 aromatic rings. The van der Waals surface area contributed by atoms with Crippen molar-refractivity contribution in [3.8, 4) is 5.75 Å². The van der Waals surface area contributed by atoms with Crippen molar-refractivity contribution in [3.05, 3.63) is 29.3 Å². The summed E-state index contributed by atoms with van der Waals surface area (Å²) in [7, 11) is 0.00443. The highest BCUT2D eigenvalue weighted by Gasteiger charge is 2.59. The summed E-state index contributed by atoms with van der Waals surface area (Å²) in [5.41, 5.74) is 2.99. The highest BCUT2D eigenvalue weighted by molar-refractivity contribution is 6.69. The van der Waals surface area contributed by atoms with Gasteiger partial charge in [0.2, 0.25) is 0 Å². The van der Waals surface area contributed by atoms with Gasteiger partial charge in [-0.3, -0.25) is 4.79 Å². The number of carbonyl (C=O) groups is 1. The Morgan fingerprint density at radius 2 is 1.96 bits per heavy atom. The Bertz CT molecular complexity index is 723. The van der Waals surface area contributed by atoms with Crippen LogP contribution in [0.1, 0.15) is 49.7 Å². The van der Waals surface area contributed by atoms with E-state index in [1.807, 2.05) is 0 Å². The molecule has 142 valence electrons. The van der Waals surface area contributed by atoms with Crippen molar-refractivity contribution in [3.63, 3.8) is 0 Å². The Morgan fingerprint density at radius 1 is 1.19 bits per heavy atom. The molecule has 4 heteroatoms. The highest BCUT2D eigenvalue weighted by Crippen LogP contribution is 2.61. The van der Waals surface area contributed by atoms with Crippen molar-refractivity contribution in [2.24, 2.45) is 17.3 Å². The molecule has 3 aliphatic carbocycles. The second kappa shape index (κ2) is 6.20. The smallest absolute Gasteiger partial charge is 0.184 e. The average molecular weight is 373 g/mol. The summed E-state index contributed by atoms with van der Waals surface area (Å²) in [4.78, 5) is 12.9. The van der Waals surface area contributed by atoms with Crippen LogP contribution >= 0.6 is 0 Å². The first-order chi connectivity index (χ1) is 12.2. The van der Waals surface area contributed by atoms with Crippen LogP contribution in [0.5, 0.6) is 5.75 Å². The molecule has 0 spiro atoms. The molecule has 0 amide bonds. The minimum atomic E-state index is -1.73. The molecule has 0 bridgehead atoms. The fourth-order valence-electron chi connectivity index (χ4n) is 5.99. The fraction of sp³-hybridized carbons (Fsp3) is 0.682. The van der Waals surface area contributed by atoms with E-state index in [0.29, 0.717) is 23.5 Å². The van der Waals surface area contributed by atoms with Gasteiger partial charge < -0.3 is 9.16 Å². The number of aryl methyl sites for hydroxylation is 1. The van der Waals surface area contributed by atoms with Crippen LogP contribution in [0, 0.1) is 17.3 Å². The Hall–Kier alpha value is -1.13. The van der Waals surface area contributed by atoms with Crippen LogP contribution in [0.3, 0.4) is 0 Å². The lowest BCUT2D eigenvalue weighted by atomic mass is 9.55. The van der Waals surface area contributed by atoms with Gasteiger partial charge in [-0.05, 0) is 86.3 Å². The van der Waals surface area contributed by atoms with E-state index in [1.54, 1.807) is 7.11 Å². The van der Waals surface area contributed by atoms with E-state index in [4.69, 9.17) is 9.16 Å². The molecule has 3 aliphatic rings. The number of hydrogen-bond acceptors (Lipinski definition) is 3. The van der Waals surface area contributed by atoms with Gasteiger partial charge in [0.15, 0.2) is 14.1 Å². The van der Waals surface area contributed by atoms with Crippen molar-refractivity contribution in [2.75, 3.05) is 7.11 Å². The summed E-state index contributed by atoms with van der Waals surface area (Å²) in [6.07, 6.45) is 5.13. The Morgan fingerprint density at radius 3 is 2.65 bits per heavy atom. The minimum absolute atomic E-state index is 0.0303. The standard InChI is InChI=1S/C22H32O3Si/c1-22-11-10-17-16-9-7-15(24-2)12-14(16)6-8-18(17)19(22)13-20(23)21(22)25-26(3,4)5/h7,9,12,17-19,21H,6,8,10-11,13H2,1-5H3/t17-,18-,19+,21+,22+/m1/s1. The molecular weight excluding hydrogens is 340 g/mol. The zero-order chi connectivity index (χ0) is 18.7. The van der Waals surface area contributed by atoms with Gasteiger partial charge in [0.25, 0.3) is 0 Å². The summed E-state index contributed by atoms with van der Waals surface area (Å²) in [6, 6.07) is 6.60. The molecular formula is C22H32O3Si. The first kappa shape index (κ1) is 18.2. The van der Waals surface area contributed by atoms with E-state index in [0.717, 1.165) is 25.0 Å². The maximum absolute atomic E-state index is 12.9. The van der Waals surface area contributed by atoms with Crippen LogP contribution in [-0.2, 0) is 15.6 Å². The van der Waals surface area contributed by atoms with E-state index in [2.05, 4.69) is 44.8 Å². The maximum Gasteiger partial charge on any atom is 0.184 e. The second-order valence-electron chi connectivity index (χ2n) is 9.81. The quantitative estimate of drug-likeness (QED) is 0.704. The molecule has 0 heterocycles. The number of fused-ring (bicyclic) bond motifs is 5. The molecule has 0 unspecified atom stereocenters. The van der Waals surface area contributed by atoms with Crippen LogP contribution in [0.4, 0.5) is 0 Å². The molecule has 1 aromatic carbocycles. The zero-order valence-electron chi connectivity index (χ0n) is 16.8. The molecule has 2 saturated carbocycles. The van der Waals surface area contributed by atoms with E-state index in [9.17, 15) is 4.79 Å². The molecule has 0 N–H and O–H groups in total. The Labute approximate surface area is 158 Å². The van der Waals surface area contributed by atoms with E-state index < -0.39 is 8.32 Å². The molecule has 0 aliphatic heterocycles. The number of carbonyl (C=O) groups excluding carboxylic acids is 1. The molecule has 26 heavy (non-hydrogen) atoms. The van der Waals surface area contributed by atoms with Crippen LogP contribution in [-0.4, -0.2) is 27.3 Å². The number of ether oxygens (including phenoxy) is 1. The molecule has 0 aromatic heterocycles. The largest absolute Gasteiger partial charge is 0.497 e. The molecule has 0 saturated heterocycles. The molecule has 2 fully saturated rings. The molecule has 4 rings (SSSR count). The monoisotopic (exact) mass is 372 g/mol. The second-order valence-corrected chi connectivity index (χ2v) is 14.3. The first-order valence-corrected chi connectivity index (χ1v) is 13.5. The van der Waals surface area contributed by atoms with Gasteiger partial charge in [0.05, 0.1) is 7.11 Å². The van der Waals surface area contributed by atoms with Crippen molar-refractivity contribution in [1.82, 2.24) is 0 Å². The van der Waals surface area contributed by atoms with Gasteiger partial charge in [0.1, 0.15) is 11.9 Å². The number of ketones is 1. The van der Waals surface area contributed by atoms with Crippen molar-refractivity contribution in [2.45, 2.75) is 70.7 Å². The zero-order valence-corrected chi connectivity index (χ0v) is 17.8. The third-order valence-electron chi connectivity index (χ3n) is 7.16. The van der Waals surface area contributed by atoms with E-state index in [-0.39, 0.29) is 11.5 Å². The topological polar surface area (TPSA) is 35.5 Å². The summed E-state index contributed by atoms with van der Waals surface area (Å²) in [6.45, 7) is 8.94. The van der Waals surface area contributed by atoms with Crippen LogP contribution in [0.15, 0.2) is 18.2 Å². The predicted octanol–water partition coefficient (Wildman–Crippen LogP) is 4.95. The average Bonchev–Trinajstić information content (AvgIpc) is 2.84. The van der Waals surface area contributed by atoms with Gasteiger partial charge in [-0.25, -0.2) is 0 Å². The Kier molecular flexibility index (Phi) is 4.35. The molecule has 5 atom stereocenters. The van der Waals surface area contributed by atoms with Gasteiger partial charge in [-0.15, -0.1) is 0 Å². The molecule has 3 nitrogen and oxygen atoms in total. The van der Waals surface area contributed by atoms with Gasteiger partial charge in [0, 0.05) is 11.8 Å².